The van der Waals surface area contributed by atoms with E-state index >= 15 is 0 Å². The first kappa shape index (κ1) is 29.9. The molecule has 174 valence electrons. The Balaban J connectivity index is 0. The molecule has 6 heteroatoms. The summed E-state index contributed by atoms with van der Waals surface area (Å²) >= 11 is 0. The summed E-state index contributed by atoms with van der Waals surface area (Å²) in [4.78, 5) is 11.9. The summed E-state index contributed by atoms with van der Waals surface area (Å²) in [7, 11) is 1.37. The number of unbranched alkanes of at least 4 members (excludes halogenated alkanes) is 15. The highest BCUT2D eigenvalue weighted by Gasteiger charge is 2.34. The van der Waals surface area contributed by atoms with Crippen molar-refractivity contribution in [1.29, 1.82) is 5.41 Å². The minimum Gasteiger partial charge on any atom is -0.467 e. The largest absolute Gasteiger partial charge is 0.467 e. The van der Waals surface area contributed by atoms with Crippen molar-refractivity contribution in [1.82, 2.24) is 11.5 Å². The maximum Gasteiger partial charge on any atom is 0.331 e. The van der Waals surface area contributed by atoms with E-state index in [1.807, 2.05) is 0 Å². The van der Waals surface area contributed by atoms with E-state index in [0.29, 0.717) is 6.42 Å². The molecular formula is C23H50N4O2. The van der Waals surface area contributed by atoms with Crippen LogP contribution in [0.3, 0.4) is 0 Å². The van der Waals surface area contributed by atoms with Gasteiger partial charge in [-0.15, -0.1) is 0 Å². The van der Waals surface area contributed by atoms with Crippen molar-refractivity contribution in [3.05, 3.63) is 0 Å². The fourth-order valence-corrected chi connectivity index (χ4v) is 3.76. The van der Waals surface area contributed by atoms with E-state index in [4.69, 9.17) is 15.9 Å². The molecule has 0 aromatic rings. The van der Waals surface area contributed by atoms with Gasteiger partial charge in [0.25, 0.3) is 0 Å². The molecule has 0 aromatic heterocycles. The molecule has 1 unspecified atom stereocenters. The summed E-state index contributed by atoms with van der Waals surface area (Å²) in [6, 6.07) is 0. The summed E-state index contributed by atoms with van der Waals surface area (Å²) in [5.41, 5.74) is 4.50. The maximum atomic E-state index is 11.9. The third kappa shape index (κ3) is 17.3. The van der Waals surface area contributed by atoms with Crippen molar-refractivity contribution >= 4 is 11.9 Å². The second kappa shape index (κ2) is 20.0. The molecule has 1 atom stereocenters. The van der Waals surface area contributed by atoms with E-state index in [-0.39, 0.29) is 18.1 Å². The lowest BCUT2D eigenvalue weighted by Crippen LogP contribution is -2.54. The van der Waals surface area contributed by atoms with Crippen LogP contribution in [0.4, 0.5) is 0 Å². The lowest BCUT2D eigenvalue weighted by atomic mass is 9.94. The molecule has 0 fully saturated rings. The number of hydrogen-bond acceptors (Lipinski definition) is 4. The Morgan fingerprint density at radius 2 is 1.17 bits per heavy atom. The summed E-state index contributed by atoms with van der Waals surface area (Å²) in [6.07, 6.45) is 21.8. The van der Waals surface area contributed by atoms with Gasteiger partial charge in [0.05, 0.1) is 7.11 Å². The van der Waals surface area contributed by atoms with Gasteiger partial charge in [0.2, 0.25) is 0 Å². The van der Waals surface area contributed by atoms with E-state index in [9.17, 15) is 4.79 Å². The molecule has 6 nitrogen and oxygen atoms in total. The lowest BCUT2D eigenvalue weighted by molar-refractivity contribution is -0.147. The second-order valence-electron chi connectivity index (χ2n) is 8.42. The van der Waals surface area contributed by atoms with Gasteiger partial charge in [0.15, 0.2) is 5.96 Å². The third-order valence-corrected chi connectivity index (χ3v) is 5.58. The highest BCUT2D eigenvalue weighted by atomic mass is 16.5. The van der Waals surface area contributed by atoms with Gasteiger partial charge in [-0.2, -0.15) is 0 Å². The van der Waals surface area contributed by atoms with Gasteiger partial charge in [-0.25, -0.2) is 4.79 Å². The second-order valence-corrected chi connectivity index (χ2v) is 8.42. The van der Waals surface area contributed by atoms with Crippen LogP contribution in [0.1, 0.15) is 123 Å². The van der Waals surface area contributed by atoms with Crippen molar-refractivity contribution in [2.75, 3.05) is 7.11 Å². The molecule has 0 aliphatic carbocycles. The van der Waals surface area contributed by atoms with E-state index in [1.165, 1.54) is 97.0 Å². The minimum atomic E-state index is -0.892. The number of esters is 1. The first-order valence-corrected chi connectivity index (χ1v) is 11.7. The normalized spacial score (nSPS) is 12.7. The van der Waals surface area contributed by atoms with Crippen LogP contribution in [0, 0.1) is 5.41 Å². The molecule has 0 heterocycles. The quantitative estimate of drug-likeness (QED) is 0.0865. The van der Waals surface area contributed by atoms with Gasteiger partial charge in [0, 0.05) is 0 Å². The van der Waals surface area contributed by atoms with Gasteiger partial charge < -0.3 is 21.9 Å². The molecule has 0 aliphatic heterocycles. The van der Waals surface area contributed by atoms with Crippen LogP contribution < -0.4 is 17.2 Å². The number of rotatable bonds is 19. The van der Waals surface area contributed by atoms with Crippen LogP contribution in [-0.4, -0.2) is 24.6 Å². The van der Waals surface area contributed by atoms with Crippen LogP contribution in [-0.2, 0) is 9.53 Å². The van der Waals surface area contributed by atoms with Crippen LogP contribution >= 0.6 is 0 Å². The predicted octanol–water partition coefficient (Wildman–Crippen LogP) is 6.21. The fraction of sp³-hybridized carbons (Fsp3) is 0.913. The van der Waals surface area contributed by atoms with E-state index in [1.54, 1.807) is 6.92 Å². The zero-order valence-corrected chi connectivity index (χ0v) is 19.6. The first-order valence-electron chi connectivity index (χ1n) is 11.7. The summed E-state index contributed by atoms with van der Waals surface area (Å²) in [6.45, 7) is 4.03. The number of hydrogen-bond donors (Lipinski definition) is 4. The highest BCUT2D eigenvalue weighted by Crippen LogP contribution is 2.18. The van der Waals surface area contributed by atoms with Gasteiger partial charge in [-0.05, 0) is 13.3 Å². The smallest absolute Gasteiger partial charge is 0.331 e. The van der Waals surface area contributed by atoms with Crippen molar-refractivity contribution in [3.8, 4) is 0 Å². The summed E-state index contributed by atoms with van der Waals surface area (Å²) < 4.78 is 4.84. The fourth-order valence-electron chi connectivity index (χ4n) is 3.76. The summed E-state index contributed by atoms with van der Waals surface area (Å²) in [5.74, 6) is -0.548. The van der Waals surface area contributed by atoms with Crippen molar-refractivity contribution in [3.63, 3.8) is 0 Å². The first-order chi connectivity index (χ1) is 13.5. The monoisotopic (exact) mass is 414 g/mol. The van der Waals surface area contributed by atoms with Crippen molar-refractivity contribution in [2.45, 2.75) is 129 Å². The van der Waals surface area contributed by atoms with Crippen LogP contribution in [0.25, 0.3) is 0 Å². The Kier molecular flexibility index (Phi) is 20.6. The van der Waals surface area contributed by atoms with Crippen LogP contribution in [0.15, 0.2) is 0 Å². The molecule has 0 aliphatic rings. The standard InChI is InChI=1S/C23H47N3O2.H3N/c1-4-5-6-7-8-9-10-11-12-13-14-15-16-17-18-19-20-23(2,21(27)28-3)26-22(24)25;/h4-20H2,1-3H3,(H4,24,25,26);1H3. The molecule has 0 radical (unpaired) electrons. The Morgan fingerprint density at radius 1 is 0.828 bits per heavy atom. The minimum absolute atomic E-state index is 0. The highest BCUT2D eigenvalue weighted by molar-refractivity contribution is 5.87. The Hall–Kier alpha value is -1.30. The SMILES string of the molecule is CCCCCCCCCCCCCCCCCCC(C)(NC(=N)N)C(=O)OC.N. The molecule has 0 spiro atoms. The average molecular weight is 415 g/mol. The average Bonchev–Trinajstić information content (AvgIpc) is 2.66. The zero-order valence-electron chi connectivity index (χ0n) is 19.6. The molecule has 0 rings (SSSR count). The van der Waals surface area contributed by atoms with Gasteiger partial charge in [-0.3, -0.25) is 5.41 Å². The number of methoxy groups -OCH3 is 1. The number of nitrogens with one attached hydrogen (secondary N) is 2. The van der Waals surface area contributed by atoms with E-state index in [2.05, 4.69) is 12.2 Å². The molecule has 0 amide bonds. The van der Waals surface area contributed by atoms with E-state index < -0.39 is 5.54 Å². The van der Waals surface area contributed by atoms with Gasteiger partial charge >= 0.3 is 5.97 Å². The van der Waals surface area contributed by atoms with Gasteiger partial charge in [0.1, 0.15) is 5.54 Å². The van der Waals surface area contributed by atoms with Crippen LogP contribution in [0.5, 0.6) is 0 Å². The van der Waals surface area contributed by atoms with E-state index in [0.717, 1.165) is 12.8 Å². The van der Waals surface area contributed by atoms with Crippen LogP contribution in [0.2, 0.25) is 0 Å². The van der Waals surface area contributed by atoms with Gasteiger partial charge in [-0.1, -0.05) is 110 Å². The molecule has 29 heavy (non-hydrogen) atoms. The molecule has 0 aromatic carbocycles. The number of carbonyl (C=O) groups is 1. The molecule has 7 N–H and O–H groups in total. The maximum absolute atomic E-state index is 11.9. The number of carbonyl (C=O) groups excluding carboxylic acids is 1. The molecular weight excluding hydrogens is 364 g/mol. The molecule has 0 saturated heterocycles. The Morgan fingerprint density at radius 3 is 1.48 bits per heavy atom. The van der Waals surface area contributed by atoms with Crippen molar-refractivity contribution < 1.29 is 9.53 Å². The number of ether oxygens (including phenoxy) is 1. The molecule has 0 bridgehead atoms. The Bertz CT molecular complexity index is 404. The zero-order chi connectivity index (χ0) is 21.1. The molecule has 0 saturated carbocycles. The predicted molar refractivity (Wildman–Crippen MR) is 125 cm³/mol. The topological polar surface area (TPSA) is 123 Å². The summed E-state index contributed by atoms with van der Waals surface area (Å²) in [5, 5.41) is 10.1. The Labute approximate surface area is 180 Å². The number of guanidine groups is 1. The third-order valence-electron chi connectivity index (χ3n) is 5.58. The van der Waals surface area contributed by atoms with Crippen molar-refractivity contribution in [2.24, 2.45) is 5.73 Å². The lowest BCUT2D eigenvalue weighted by Gasteiger charge is -2.28. The number of nitrogens with two attached hydrogens (primary N) is 1.